The van der Waals surface area contributed by atoms with E-state index >= 15 is 0 Å². The van der Waals surface area contributed by atoms with Gasteiger partial charge in [-0.2, -0.15) is 0 Å². The van der Waals surface area contributed by atoms with Crippen LogP contribution in [-0.2, 0) is 0 Å². The van der Waals surface area contributed by atoms with Gasteiger partial charge in [-0.25, -0.2) is 0 Å². The molecule has 0 spiro atoms. The monoisotopic (exact) mass is 191 g/mol. The number of hydrogen-bond acceptors (Lipinski definition) is 1. The van der Waals surface area contributed by atoms with Gasteiger partial charge in [-0.3, -0.25) is 0 Å². The highest BCUT2D eigenvalue weighted by molar-refractivity contribution is 5.58. The van der Waals surface area contributed by atoms with Crippen LogP contribution in [0.1, 0.15) is 56.2 Å². The minimum Gasteiger partial charge on any atom is -0.398 e. The van der Waals surface area contributed by atoms with Crippen molar-refractivity contribution in [2.75, 3.05) is 5.73 Å². The quantitative estimate of drug-likeness (QED) is 0.706. The van der Waals surface area contributed by atoms with E-state index in [4.69, 9.17) is 5.73 Å². The lowest BCUT2D eigenvalue weighted by Gasteiger charge is -2.17. The van der Waals surface area contributed by atoms with Gasteiger partial charge in [0.05, 0.1) is 0 Å². The molecule has 0 unspecified atom stereocenters. The van der Waals surface area contributed by atoms with Gasteiger partial charge < -0.3 is 5.73 Å². The molecule has 0 fully saturated rings. The first kappa shape index (κ1) is 11.1. The van der Waals surface area contributed by atoms with Crippen molar-refractivity contribution in [1.82, 2.24) is 0 Å². The number of benzene rings is 1. The molecule has 0 aliphatic heterocycles. The third-order valence-corrected chi connectivity index (χ3v) is 2.83. The summed E-state index contributed by atoms with van der Waals surface area (Å²) in [6.45, 7) is 10.9. The van der Waals surface area contributed by atoms with E-state index in [1.807, 2.05) is 0 Å². The van der Waals surface area contributed by atoms with Gasteiger partial charge in [0.25, 0.3) is 0 Å². The number of hydrogen-bond donors (Lipinski definition) is 1. The zero-order chi connectivity index (χ0) is 10.9. The molecule has 1 nitrogen and oxygen atoms in total. The van der Waals surface area contributed by atoms with Crippen molar-refractivity contribution in [3.05, 3.63) is 28.8 Å². The van der Waals surface area contributed by atoms with E-state index in [1.54, 1.807) is 0 Å². The summed E-state index contributed by atoms with van der Waals surface area (Å²) < 4.78 is 0. The highest BCUT2D eigenvalue weighted by Crippen LogP contribution is 2.30. The molecule has 0 bridgehead atoms. The summed E-state index contributed by atoms with van der Waals surface area (Å²) in [4.78, 5) is 0. The van der Waals surface area contributed by atoms with Gasteiger partial charge in [0.1, 0.15) is 0 Å². The molecule has 0 aromatic heterocycles. The fourth-order valence-corrected chi connectivity index (χ4v) is 1.90. The molecule has 14 heavy (non-hydrogen) atoms. The Labute approximate surface area is 87.3 Å². The van der Waals surface area contributed by atoms with Crippen molar-refractivity contribution in [3.63, 3.8) is 0 Å². The van der Waals surface area contributed by atoms with Crippen molar-refractivity contribution in [2.45, 2.75) is 46.5 Å². The van der Waals surface area contributed by atoms with Crippen molar-refractivity contribution in [1.29, 1.82) is 0 Å². The molecule has 0 aliphatic carbocycles. The minimum absolute atomic E-state index is 0.509. The molecule has 1 rings (SSSR count). The van der Waals surface area contributed by atoms with Gasteiger partial charge in [-0.1, -0.05) is 39.8 Å². The van der Waals surface area contributed by atoms with Crippen LogP contribution in [-0.4, -0.2) is 0 Å². The molecule has 2 N–H and O–H groups in total. The largest absolute Gasteiger partial charge is 0.398 e. The fourth-order valence-electron chi connectivity index (χ4n) is 1.90. The Balaban J connectivity index is 3.26. The summed E-state index contributed by atoms with van der Waals surface area (Å²) in [5, 5.41) is 0. The van der Waals surface area contributed by atoms with Crippen LogP contribution < -0.4 is 5.73 Å². The molecule has 0 saturated heterocycles. The van der Waals surface area contributed by atoms with E-state index in [1.165, 1.54) is 16.7 Å². The van der Waals surface area contributed by atoms with Crippen LogP contribution in [0.2, 0.25) is 0 Å². The van der Waals surface area contributed by atoms with E-state index in [0.717, 1.165) is 5.69 Å². The Morgan fingerprint density at radius 3 is 1.79 bits per heavy atom. The average Bonchev–Trinajstić information content (AvgIpc) is 2.08. The number of nitrogens with two attached hydrogens (primary N) is 1. The molecule has 78 valence electrons. The first-order valence-corrected chi connectivity index (χ1v) is 5.34. The second-order valence-corrected chi connectivity index (χ2v) is 4.59. The Bertz CT molecular complexity index is 291. The Morgan fingerprint density at radius 2 is 1.36 bits per heavy atom. The average molecular weight is 191 g/mol. The highest BCUT2D eigenvalue weighted by atomic mass is 14.6. The summed E-state index contributed by atoms with van der Waals surface area (Å²) >= 11 is 0. The second-order valence-electron chi connectivity index (χ2n) is 4.59. The topological polar surface area (TPSA) is 26.0 Å². The number of nitrogen functional groups attached to an aromatic ring is 1. The van der Waals surface area contributed by atoms with E-state index in [2.05, 4.69) is 46.8 Å². The third kappa shape index (κ3) is 1.92. The Morgan fingerprint density at radius 1 is 0.929 bits per heavy atom. The standard InChI is InChI=1S/C13H21N/c1-8(2)11-6-7-12(9(3)4)13(14)10(11)5/h6-9H,14H2,1-5H3. The van der Waals surface area contributed by atoms with E-state index in [-0.39, 0.29) is 0 Å². The molecule has 0 aliphatic rings. The predicted molar refractivity (Wildman–Crippen MR) is 63.8 cm³/mol. The molecule has 1 aromatic rings. The Hall–Kier alpha value is -0.980. The fraction of sp³-hybridized carbons (Fsp3) is 0.538. The number of anilines is 1. The van der Waals surface area contributed by atoms with Gasteiger partial charge in [0.2, 0.25) is 0 Å². The van der Waals surface area contributed by atoms with Crippen LogP contribution in [0.3, 0.4) is 0 Å². The van der Waals surface area contributed by atoms with Crippen LogP contribution in [0.4, 0.5) is 5.69 Å². The van der Waals surface area contributed by atoms with Crippen molar-refractivity contribution in [3.8, 4) is 0 Å². The Kier molecular flexibility index (Phi) is 3.20. The molecule has 1 heteroatoms. The van der Waals surface area contributed by atoms with E-state index in [9.17, 15) is 0 Å². The van der Waals surface area contributed by atoms with Crippen LogP contribution in [0.15, 0.2) is 12.1 Å². The van der Waals surface area contributed by atoms with Crippen molar-refractivity contribution in [2.24, 2.45) is 0 Å². The summed E-state index contributed by atoms with van der Waals surface area (Å²) in [6, 6.07) is 4.38. The van der Waals surface area contributed by atoms with Crippen LogP contribution >= 0.6 is 0 Å². The van der Waals surface area contributed by atoms with Gasteiger partial charge in [0, 0.05) is 5.69 Å². The molecule has 0 saturated carbocycles. The SMILES string of the molecule is Cc1c(C(C)C)ccc(C(C)C)c1N. The molecule has 1 aromatic carbocycles. The molecular formula is C13H21N. The second kappa shape index (κ2) is 4.04. The first-order valence-electron chi connectivity index (χ1n) is 5.34. The summed E-state index contributed by atoms with van der Waals surface area (Å²) in [5.41, 5.74) is 11.0. The maximum absolute atomic E-state index is 6.12. The van der Waals surface area contributed by atoms with Crippen molar-refractivity contribution >= 4 is 5.69 Å². The molecular weight excluding hydrogens is 170 g/mol. The minimum atomic E-state index is 0.509. The summed E-state index contributed by atoms with van der Waals surface area (Å²) in [7, 11) is 0. The zero-order valence-corrected chi connectivity index (χ0v) is 9.89. The first-order chi connectivity index (χ1) is 6.45. The smallest absolute Gasteiger partial charge is 0.0381 e. The van der Waals surface area contributed by atoms with Crippen LogP contribution in [0.5, 0.6) is 0 Å². The third-order valence-electron chi connectivity index (χ3n) is 2.83. The molecule has 0 atom stereocenters. The lowest BCUT2D eigenvalue weighted by Crippen LogP contribution is -2.03. The molecule has 0 heterocycles. The van der Waals surface area contributed by atoms with Gasteiger partial charge in [-0.15, -0.1) is 0 Å². The van der Waals surface area contributed by atoms with Gasteiger partial charge >= 0.3 is 0 Å². The van der Waals surface area contributed by atoms with E-state index < -0.39 is 0 Å². The van der Waals surface area contributed by atoms with E-state index in [0.29, 0.717) is 11.8 Å². The van der Waals surface area contributed by atoms with Crippen LogP contribution in [0.25, 0.3) is 0 Å². The summed E-state index contributed by atoms with van der Waals surface area (Å²) in [5.74, 6) is 1.06. The lowest BCUT2D eigenvalue weighted by molar-refractivity contribution is 0.839. The lowest BCUT2D eigenvalue weighted by atomic mass is 9.91. The maximum atomic E-state index is 6.12. The molecule has 0 radical (unpaired) electrons. The predicted octanol–water partition coefficient (Wildman–Crippen LogP) is 3.82. The van der Waals surface area contributed by atoms with Gasteiger partial charge in [-0.05, 0) is 35.4 Å². The number of rotatable bonds is 2. The van der Waals surface area contributed by atoms with Crippen LogP contribution in [0, 0.1) is 6.92 Å². The van der Waals surface area contributed by atoms with Crippen molar-refractivity contribution < 1.29 is 0 Å². The van der Waals surface area contributed by atoms with Gasteiger partial charge in [0.15, 0.2) is 0 Å². The maximum Gasteiger partial charge on any atom is 0.0381 e. The molecule has 0 amide bonds. The highest BCUT2D eigenvalue weighted by Gasteiger charge is 2.11. The normalized spacial score (nSPS) is 11.4. The summed E-state index contributed by atoms with van der Waals surface area (Å²) in [6.07, 6.45) is 0. The zero-order valence-electron chi connectivity index (χ0n) is 9.89.